The van der Waals surface area contributed by atoms with Crippen LogP contribution in [0.15, 0.2) is 78.9 Å². The fourth-order valence-electron chi connectivity index (χ4n) is 2.63. The molecule has 6 heteroatoms. The summed E-state index contributed by atoms with van der Waals surface area (Å²) in [6.45, 7) is 1.32. The molecule has 0 atom stereocenters. The molecule has 0 aromatic heterocycles. The van der Waals surface area contributed by atoms with E-state index in [4.69, 9.17) is 21.1 Å². The maximum Gasteiger partial charge on any atom is 0.250 e. The zero-order valence-electron chi connectivity index (χ0n) is 15.9. The highest BCUT2D eigenvalue weighted by Gasteiger charge is 2.06. The summed E-state index contributed by atoms with van der Waals surface area (Å²) in [6.07, 6.45) is 0. The molecular weight excluding hydrogens is 388 g/mol. The summed E-state index contributed by atoms with van der Waals surface area (Å²) in [6, 6.07) is 24.9. The van der Waals surface area contributed by atoms with E-state index in [9.17, 15) is 4.79 Å². The molecule has 0 saturated heterocycles. The van der Waals surface area contributed by atoms with Crippen LogP contribution < -0.4 is 15.4 Å². The minimum Gasteiger partial charge on any atom is -0.491 e. The molecule has 0 heterocycles. The van der Waals surface area contributed by atoms with E-state index >= 15 is 0 Å². The van der Waals surface area contributed by atoms with Crippen molar-refractivity contribution in [2.75, 3.05) is 30.5 Å². The Morgan fingerprint density at radius 3 is 2.34 bits per heavy atom. The van der Waals surface area contributed by atoms with Gasteiger partial charge >= 0.3 is 0 Å². The third kappa shape index (κ3) is 7.14. The minimum absolute atomic E-state index is 0.0518. The number of hydrogen-bond donors (Lipinski definition) is 2. The Labute approximate surface area is 175 Å². The van der Waals surface area contributed by atoms with E-state index in [1.807, 2.05) is 66.7 Å². The van der Waals surface area contributed by atoms with Gasteiger partial charge in [-0.05, 0) is 35.9 Å². The maximum absolute atomic E-state index is 12.0. The molecule has 3 rings (SSSR count). The normalized spacial score (nSPS) is 10.4. The Hall–Kier alpha value is -3.02. The molecule has 0 saturated carbocycles. The van der Waals surface area contributed by atoms with Crippen LogP contribution in [0.1, 0.15) is 5.56 Å². The van der Waals surface area contributed by atoms with Gasteiger partial charge in [-0.25, -0.2) is 0 Å². The highest BCUT2D eigenvalue weighted by atomic mass is 35.5. The maximum atomic E-state index is 12.0. The molecule has 0 spiro atoms. The number of amides is 1. The Bertz CT molecular complexity index is 905. The van der Waals surface area contributed by atoms with Gasteiger partial charge in [0.15, 0.2) is 0 Å². The molecule has 0 radical (unpaired) electrons. The molecule has 150 valence electrons. The summed E-state index contributed by atoms with van der Waals surface area (Å²) in [5.41, 5.74) is 2.59. The zero-order valence-corrected chi connectivity index (χ0v) is 16.7. The van der Waals surface area contributed by atoms with Crippen LogP contribution >= 0.6 is 11.6 Å². The van der Waals surface area contributed by atoms with Crippen LogP contribution in [0, 0.1) is 0 Å². The van der Waals surface area contributed by atoms with Gasteiger partial charge < -0.3 is 20.1 Å². The van der Waals surface area contributed by atoms with Crippen LogP contribution in [0.25, 0.3) is 0 Å². The van der Waals surface area contributed by atoms with Crippen molar-refractivity contribution in [1.82, 2.24) is 0 Å². The number of benzene rings is 3. The molecule has 1 amide bonds. The first-order valence-corrected chi connectivity index (χ1v) is 9.71. The second-order valence-corrected chi connectivity index (χ2v) is 6.70. The van der Waals surface area contributed by atoms with Gasteiger partial charge in [0.05, 0.1) is 17.3 Å². The van der Waals surface area contributed by atoms with Crippen LogP contribution in [0.5, 0.6) is 5.75 Å². The fourth-order valence-corrected chi connectivity index (χ4v) is 2.87. The molecule has 3 aromatic rings. The smallest absolute Gasteiger partial charge is 0.250 e. The van der Waals surface area contributed by atoms with Crippen molar-refractivity contribution in [3.8, 4) is 5.75 Å². The molecule has 0 aliphatic carbocycles. The lowest BCUT2D eigenvalue weighted by atomic mass is 10.2. The lowest BCUT2D eigenvalue weighted by Crippen LogP contribution is -2.20. The Morgan fingerprint density at radius 1 is 0.897 bits per heavy atom. The fraction of sp³-hybridized carbons (Fsp3) is 0.174. The number of hydrogen-bond acceptors (Lipinski definition) is 4. The van der Waals surface area contributed by atoms with Crippen LogP contribution in [-0.4, -0.2) is 25.7 Å². The van der Waals surface area contributed by atoms with Crippen molar-refractivity contribution in [2.24, 2.45) is 0 Å². The summed E-state index contributed by atoms with van der Waals surface area (Å²) >= 11 is 6.32. The van der Waals surface area contributed by atoms with E-state index in [1.54, 1.807) is 12.1 Å². The number of carbonyl (C=O) groups is 1. The summed E-state index contributed by atoms with van der Waals surface area (Å²) in [5, 5.41) is 6.60. The molecule has 0 fully saturated rings. The molecule has 3 aromatic carbocycles. The number of halogens is 1. The molecule has 0 unspecified atom stereocenters. The molecule has 0 aliphatic rings. The zero-order chi connectivity index (χ0) is 20.3. The van der Waals surface area contributed by atoms with E-state index in [0.29, 0.717) is 30.5 Å². The van der Waals surface area contributed by atoms with E-state index in [0.717, 1.165) is 17.0 Å². The third-order valence-electron chi connectivity index (χ3n) is 4.05. The minimum atomic E-state index is -0.245. The molecule has 2 N–H and O–H groups in total. The van der Waals surface area contributed by atoms with Gasteiger partial charge in [0.25, 0.3) is 0 Å². The van der Waals surface area contributed by atoms with Crippen molar-refractivity contribution >= 4 is 28.9 Å². The molecular formula is C23H23ClN2O3. The Kier molecular flexibility index (Phi) is 7.92. The van der Waals surface area contributed by atoms with Crippen LogP contribution in [-0.2, 0) is 16.1 Å². The Balaban J connectivity index is 1.38. The second-order valence-electron chi connectivity index (χ2n) is 6.30. The van der Waals surface area contributed by atoms with E-state index in [2.05, 4.69) is 10.6 Å². The number of para-hydroxylation sites is 1. The SMILES string of the molecule is O=C(COCCOc1ccccc1)Nc1ccc(NCc2ccccc2)c(Cl)c1. The van der Waals surface area contributed by atoms with Gasteiger partial charge in [-0.15, -0.1) is 0 Å². The highest BCUT2D eigenvalue weighted by molar-refractivity contribution is 6.33. The largest absolute Gasteiger partial charge is 0.491 e. The molecule has 0 bridgehead atoms. The summed E-state index contributed by atoms with van der Waals surface area (Å²) in [4.78, 5) is 12.0. The average Bonchev–Trinajstić information content (AvgIpc) is 2.74. The predicted molar refractivity (Wildman–Crippen MR) is 117 cm³/mol. The van der Waals surface area contributed by atoms with Gasteiger partial charge in [0.1, 0.15) is 19.0 Å². The van der Waals surface area contributed by atoms with E-state index < -0.39 is 0 Å². The lowest BCUT2D eigenvalue weighted by Gasteiger charge is -2.11. The van der Waals surface area contributed by atoms with Gasteiger partial charge in [-0.1, -0.05) is 60.1 Å². The van der Waals surface area contributed by atoms with Crippen molar-refractivity contribution in [3.05, 3.63) is 89.4 Å². The lowest BCUT2D eigenvalue weighted by molar-refractivity contribution is -0.120. The van der Waals surface area contributed by atoms with Gasteiger partial charge in [0.2, 0.25) is 5.91 Å². The Morgan fingerprint density at radius 2 is 1.62 bits per heavy atom. The van der Waals surface area contributed by atoms with Crippen LogP contribution in [0.3, 0.4) is 0 Å². The molecule has 0 aliphatic heterocycles. The predicted octanol–water partition coefficient (Wildman–Crippen LogP) is 4.99. The van der Waals surface area contributed by atoms with E-state index in [1.165, 1.54) is 0 Å². The van der Waals surface area contributed by atoms with Crippen molar-refractivity contribution in [3.63, 3.8) is 0 Å². The summed E-state index contributed by atoms with van der Waals surface area (Å²) in [7, 11) is 0. The van der Waals surface area contributed by atoms with Gasteiger partial charge in [-0.3, -0.25) is 4.79 Å². The first kappa shape index (κ1) is 20.7. The second kappa shape index (κ2) is 11.1. The molecule has 5 nitrogen and oxygen atoms in total. The number of carbonyl (C=O) groups excluding carboxylic acids is 1. The summed E-state index contributed by atoms with van der Waals surface area (Å²) in [5.74, 6) is 0.530. The standard InChI is InChI=1S/C23H23ClN2O3/c24-21-15-19(11-12-22(21)25-16-18-7-3-1-4-8-18)26-23(27)17-28-13-14-29-20-9-5-2-6-10-20/h1-12,15,25H,13-14,16-17H2,(H,26,27). The number of anilines is 2. The van der Waals surface area contributed by atoms with Crippen molar-refractivity contribution in [1.29, 1.82) is 0 Å². The summed E-state index contributed by atoms with van der Waals surface area (Å²) < 4.78 is 10.9. The van der Waals surface area contributed by atoms with Crippen molar-refractivity contribution in [2.45, 2.75) is 6.54 Å². The van der Waals surface area contributed by atoms with Crippen molar-refractivity contribution < 1.29 is 14.3 Å². The topological polar surface area (TPSA) is 59.6 Å². The molecule has 29 heavy (non-hydrogen) atoms. The van der Waals surface area contributed by atoms with E-state index in [-0.39, 0.29) is 12.5 Å². The van der Waals surface area contributed by atoms with Gasteiger partial charge in [-0.2, -0.15) is 0 Å². The first-order valence-electron chi connectivity index (χ1n) is 9.33. The number of ether oxygens (including phenoxy) is 2. The number of rotatable bonds is 10. The highest BCUT2D eigenvalue weighted by Crippen LogP contribution is 2.26. The average molecular weight is 411 g/mol. The van der Waals surface area contributed by atoms with Crippen LogP contribution in [0.4, 0.5) is 11.4 Å². The quantitative estimate of drug-likeness (QED) is 0.462. The van der Waals surface area contributed by atoms with Crippen LogP contribution in [0.2, 0.25) is 5.02 Å². The monoisotopic (exact) mass is 410 g/mol. The third-order valence-corrected chi connectivity index (χ3v) is 4.36. The first-order chi connectivity index (χ1) is 14.2. The number of nitrogens with one attached hydrogen (secondary N) is 2. The van der Waals surface area contributed by atoms with Gasteiger partial charge in [0, 0.05) is 12.2 Å².